The van der Waals surface area contributed by atoms with Gasteiger partial charge in [0.1, 0.15) is 0 Å². The highest BCUT2D eigenvalue weighted by atomic mass is 16.3. The van der Waals surface area contributed by atoms with Gasteiger partial charge in [-0.1, -0.05) is 0 Å². The number of nitrogens with two attached hydrogens (primary N) is 1. The topological polar surface area (TPSA) is 75.3 Å². The van der Waals surface area contributed by atoms with Crippen molar-refractivity contribution in [1.82, 2.24) is 5.32 Å². The van der Waals surface area contributed by atoms with Crippen LogP contribution in [0.3, 0.4) is 0 Å². The SMILES string of the molecule is CNC(N)/C=C(\CO)C(C)=O. The van der Waals surface area contributed by atoms with E-state index in [4.69, 9.17) is 10.8 Å². The molecule has 0 amide bonds. The lowest BCUT2D eigenvalue weighted by atomic mass is 10.2. The Labute approximate surface area is 66.1 Å². The number of aliphatic hydroxyl groups is 1. The van der Waals surface area contributed by atoms with Crippen LogP contribution in [0.25, 0.3) is 0 Å². The number of hydrogen-bond donors (Lipinski definition) is 3. The van der Waals surface area contributed by atoms with Crippen molar-refractivity contribution in [3.63, 3.8) is 0 Å². The fourth-order valence-corrected chi connectivity index (χ4v) is 0.581. The van der Waals surface area contributed by atoms with Crippen molar-refractivity contribution < 1.29 is 9.90 Å². The molecule has 0 radical (unpaired) electrons. The van der Waals surface area contributed by atoms with Gasteiger partial charge in [-0.25, -0.2) is 0 Å². The summed E-state index contributed by atoms with van der Waals surface area (Å²) in [6.45, 7) is 1.13. The average Bonchev–Trinajstić information content (AvgIpc) is 1.99. The number of likely N-dealkylation sites (N-methyl/N-ethyl adjacent to an activating group) is 1. The third kappa shape index (κ3) is 3.87. The molecule has 0 rings (SSSR count). The van der Waals surface area contributed by atoms with E-state index in [1.54, 1.807) is 7.05 Å². The highest BCUT2D eigenvalue weighted by Gasteiger charge is 2.03. The molecule has 0 saturated carbocycles. The summed E-state index contributed by atoms with van der Waals surface area (Å²) < 4.78 is 0. The zero-order valence-electron chi connectivity index (χ0n) is 6.79. The van der Waals surface area contributed by atoms with Crippen molar-refractivity contribution in [2.45, 2.75) is 13.1 Å². The second kappa shape index (κ2) is 5.01. The van der Waals surface area contributed by atoms with E-state index in [0.29, 0.717) is 5.57 Å². The van der Waals surface area contributed by atoms with Crippen LogP contribution in [-0.4, -0.2) is 30.7 Å². The molecule has 0 aliphatic heterocycles. The Morgan fingerprint density at radius 2 is 2.36 bits per heavy atom. The van der Waals surface area contributed by atoms with Crippen LogP contribution < -0.4 is 11.1 Å². The molecule has 1 atom stereocenters. The van der Waals surface area contributed by atoms with E-state index >= 15 is 0 Å². The molecule has 0 aromatic carbocycles. The van der Waals surface area contributed by atoms with Gasteiger partial charge in [0.15, 0.2) is 5.78 Å². The van der Waals surface area contributed by atoms with Gasteiger partial charge in [0, 0.05) is 5.57 Å². The van der Waals surface area contributed by atoms with Crippen molar-refractivity contribution in [1.29, 1.82) is 0 Å². The van der Waals surface area contributed by atoms with Gasteiger partial charge >= 0.3 is 0 Å². The first-order chi connectivity index (χ1) is 5.11. The number of Topliss-reactive ketones (excluding diaryl/α,β-unsaturated/α-hetero) is 1. The van der Waals surface area contributed by atoms with Crippen LogP contribution >= 0.6 is 0 Å². The van der Waals surface area contributed by atoms with E-state index < -0.39 is 0 Å². The van der Waals surface area contributed by atoms with Crippen LogP contribution in [0.5, 0.6) is 0 Å². The van der Waals surface area contributed by atoms with Crippen LogP contribution in [0.15, 0.2) is 11.6 Å². The van der Waals surface area contributed by atoms with Gasteiger partial charge < -0.3 is 16.2 Å². The van der Waals surface area contributed by atoms with Crippen molar-refractivity contribution in [3.05, 3.63) is 11.6 Å². The number of hydrogen-bond acceptors (Lipinski definition) is 4. The lowest BCUT2D eigenvalue weighted by molar-refractivity contribution is -0.114. The summed E-state index contributed by atoms with van der Waals surface area (Å²) in [5.74, 6) is -0.154. The Hall–Kier alpha value is -0.710. The van der Waals surface area contributed by atoms with E-state index in [-0.39, 0.29) is 18.6 Å². The van der Waals surface area contributed by atoms with Crippen LogP contribution in [0, 0.1) is 0 Å². The summed E-state index contributed by atoms with van der Waals surface area (Å²) in [5, 5.41) is 11.4. The van der Waals surface area contributed by atoms with Crippen molar-refractivity contribution in [3.8, 4) is 0 Å². The van der Waals surface area contributed by atoms with Crippen LogP contribution in [-0.2, 0) is 4.79 Å². The molecule has 4 nitrogen and oxygen atoms in total. The molecule has 4 heteroatoms. The van der Waals surface area contributed by atoms with E-state index in [1.807, 2.05) is 0 Å². The third-order valence-corrected chi connectivity index (χ3v) is 1.34. The third-order valence-electron chi connectivity index (χ3n) is 1.34. The Morgan fingerprint density at radius 1 is 1.82 bits per heavy atom. The molecule has 1 unspecified atom stereocenters. The van der Waals surface area contributed by atoms with Gasteiger partial charge in [0.05, 0.1) is 12.8 Å². The number of carbonyl (C=O) groups excluding carboxylic acids is 1. The maximum Gasteiger partial charge on any atom is 0.157 e. The molecule has 0 fully saturated rings. The minimum atomic E-state index is -0.374. The minimum Gasteiger partial charge on any atom is -0.392 e. The standard InChI is InChI=1S/C7H14N2O2/c1-5(11)6(4-10)3-7(8)9-2/h3,7,9-10H,4,8H2,1-2H3/b6-3+. The van der Waals surface area contributed by atoms with Crippen molar-refractivity contribution >= 4 is 5.78 Å². The Morgan fingerprint density at radius 3 is 2.64 bits per heavy atom. The fraction of sp³-hybridized carbons (Fsp3) is 0.571. The van der Waals surface area contributed by atoms with Gasteiger partial charge in [-0.05, 0) is 20.0 Å². The minimum absolute atomic E-state index is 0.154. The predicted molar refractivity (Wildman–Crippen MR) is 42.9 cm³/mol. The van der Waals surface area contributed by atoms with E-state index in [0.717, 1.165) is 0 Å². The summed E-state index contributed by atoms with van der Waals surface area (Å²) >= 11 is 0. The lowest BCUT2D eigenvalue weighted by Gasteiger charge is -2.05. The molecule has 0 aromatic heterocycles. The van der Waals surface area contributed by atoms with Crippen molar-refractivity contribution in [2.75, 3.05) is 13.7 Å². The molecular formula is C7H14N2O2. The average molecular weight is 158 g/mol. The molecular weight excluding hydrogens is 144 g/mol. The quantitative estimate of drug-likeness (QED) is 0.362. The summed E-state index contributed by atoms with van der Waals surface area (Å²) in [6, 6.07) is 0. The maximum atomic E-state index is 10.7. The van der Waals surface area contributed by atoms with Crippen LogP contribution in [0.4, 0.5) is 0 Å². The van der Waals surface area contributed by atoms with Gasteiger partial charge in [-0.2, -0.15) is 0 Å². The van der Waals surface area contributed by atoms with Crippen molar-refractivity contribution in [2.24, 2.45) is 5.73 Å². The smallest absolute Gasteiger partial charge is 0.157 e. The number of aliphatic hydroxyl groups excluding tert-OH is 1. The highest BCUT2D eigenvalue weighted by Crippen LogP contribution is 1.94. The second-order valence-electron chi connectivity index (χ2n) is 2.22. The van der Waals surface area contributed by atoms with E-state index in [1.165, 1.54) is 13.0 Å². The van der Waals surface area contributed by atoms with E-state index in [2.05, 4.69) is 5.32 Å². The van der Waals surface area contributed by atoms with Crippen LogP contribution in [0.1, 0.15) is 6.92 Å². The molecule has 0 aromatic rings. The maximum absolute atomic E-state index is 10.7. The zero-order valence-corrected chi connectivity index (χ0v) is 6.79. The Balaban J connectivity index is 4.22. The van der Waals surface area contributed by atoms with E-state index in [9.17, 15) is 4.79 Å². The molecule has 0 aliphatic rings. The summed E-state index contributed by atoms with van der Waals surface area (Å²) in [6.07, 6.45) is 1.13. The zero-order chi connectivity index (χ0) is 8.85. The van der Waals surface area contributed by atoms with Crippen LogP contribution in [0.2, 0.25) is 0 Å². The molecule has 0 bridgehead atoms. The molecule has 0 heterocycles. The highest BCUT2D eigenvalue weighted by molar-refractivity contribution is 5.93. The largest absolute Gasteiger partial charge is 0.392 e. The summed E-state index contributed by atoms with van der Waals surface area (Å²) in [7, 11) is 1.68. The Bertz CT molecular complexity index is 166. The first-order valence-electron chi connectivity index (χ1n) is 3.37. The van der Waals surface area contributed by atoms with Gasteiger partial charge in [-0.15, -0.1) is 0 Å². The molecule has 0 spiro atoms. The number of rotatable bonds is 4. The first kappa shape index (κ1) is 10.3. The number of carbonyl (C=O) groups is 1. The normalized spacial score (nSPS) is 14.7. The first-order valence-corrected chi connectivity index (χ1v) is 3.37. The Kier molecular flexibility index (Phi) is 4.69. The molecule has 64 valence electrons. The monoisotopic (exact) mass is 158 g/mol. The fourth-order valence-electron chi connectivity index (χ4n) is 0.581. The van der Waals surface area contributed by atoms with Gasteiger partial charge in [0.25, 0.3) is 0 Å². The molecule has 0 saturated heterocycles. The number of ketones is 1. The lowest BCUT2D eigenvalue weighted by Crippen LogP contribution is -2.33. The molecule has 4 N–H and O–H groups in total. The molecule has 0 aliphatic carbocycles. The molecule has 11 heavy (non-hydrogen) atoms. The van der Waals surface area contributed by atoms with Gasteiger partial charge in [-0.3, -0.25) is 4.79 Å². The van der Waals surface area contributed by atoms with Gasteiger partial charge in [0.2, 0.25) is 0 Å². The summed E-state index contributed by atoms with van der Waals surface area (Å²) in [4.78, 5) is 10.7. The summed E-state index contributed by atoms with van der Waals surface area (Å²) in [5.41, 5.74) is 5.78. The predicted octanol–water partition coefficient (Wildman–Crippen LogP) is -1.00. The number of nitrogens with one attached hydrogen (secondary N) is 1. The second-order valence-corrected chi connectivity index (χ2v) is 2.22.